The first-order valence-corrected chi connectivity index (χ1v) is 3.23. The molecule has 0 aliphatic carbocycles. The summed E-state index contributed by atoms with van der Waals surface area (Å²) < 4.78 is 11.4. The minimum Gasteiger partial charge on any atom is -0.421 e. The average molecular weight is 165 g/mol. The SMILES string of the molecule is N#Cc1ccc(B(O)OF)cc1. The van der Waals surface area contributed by atoms with Crippen molar-refractivity contribution in [1.82, 2.24) is 0 Å². The Kier molecular flexibility index (Phi) is 2.80. The van der Waals surface area contributed by atoms with Crippen molar-refractivity contribution in [3.8, 4) is 6.07 Å². The Balaban J connectivity index is 2.86. The van der Waals surface area contributed by atoms with Gasteiger partial charge in [0.25, 0.3) is 0 Å². The summed E-state index contributed by atoms with van der Waals surface area (Å²) in [5.74, 6) is 0. The van der Waals surface area contributed by atoms with E-state index in [1.165, 1.54) is 24.3 Å². The molecule has 1 aromatic carbocycles. The van der Waals surface area contributed by atoms with Gasteiger partial charge in [0, 0.05) is 0 Å². The van der Waals surface area contributed by atoms with Crippen LogP contribution in [0.25, 0.3) is 0 Å². The fourth-order valence-corrected chi connectivity index (χ4v) is 0.774. The highest BCUT2D eigenvalue weighted by molar-refractivity contribution is 6.59. The van der Waals surface area contributed by atoms with Gasteiger partial charge in [-0.2, -0.15) is 5.26 Å². The number of halogens is 1. The minimum atomic E-state index is -1.57. The van der Waals surface area contributed by atoms with Crippen molar-refractivity contribution in [3.05, 3.63) is 29.8 Å². The van der Waals surface area contributed by atoms with Crippen LogP contribution < -0.4 is 5.46 Å². The predicted molar refractivity (Wildman–Crippen MR) is 41.0 cm³/mol. The molecule has 1 N–H and O–H groups in total. The Labute approximate surface area is 69.1 Å². The average Bonchev–Trinajstić information content (AvgIpc) is 2.17. The highest BCUT2D eigenvalue weighted by Gasteiger charge is 2.16. The van der Waals surface area contributed by atoms with Crippen molar-refractivity contribution >= 4 is 12.6 Å². The zero-order valence-corrected chi connectivity index (χ0v) is 6.07. The van der Waals surface area contributed by atoms with Crippen molar-refractivity contribution in [2.75, 3.05) is 0 Å². The molecule has 0 amide bonds. The Bertz CT molecular complexity index is 295. The van der Waals surface area contributed by atoms with Gasteiger partial charge >= 0.3 is 7.12 Å². The first kappa shape index (κ1) is 8.72. The molecule has 0 aliphatic rings. The summed E-state index contributed by atoms with van der Waals surface area (Å²) in [5.41, 5.74) is 0.723. The maximum absolute atomic E-state index is 11.4. The predicted octanol–water partition coefficient (Wildman–Crippen LogP) is 0.147. The quantitative estimate of drug-likeness (QED) is 0.634. The van der Waals surface area contributed by atoms with Crippen LogP contribution >= 0.6 is 0 Å². The summed E-state index contributed by atoms with van der Waals surface area (Å²) in [6, 6.07) is 7.67. The van der Waals surface area contributed by atoms with Gasteiger partial charge in [0.15, 0.2) is 0 Å². The second kappa shape index (κ2) is 3.86. The number of nitriles is 1. The first-order valence-electron chi connectivity index (χ1n) is 3.23. The highest BCUT2D eigenvalue weighted by atomic mass is 19.3. The summed E-state index contributed by atoms with van der Waals surface area (Å²) in [4.78, 5) is 3.18. The molecule has 0 aromatic heterocycles. The summed E-state index contributed by atoms with van der Waals surface area (Å²) in [6.45, 7) is 0. The smallest absolute Gasteiger partial charge is 0.421 e. The third-order valence-electron chi connectivity index (χ3n) is 1.41. The summed E-state index contributed by atoms with van der Waals surface area (Å²) >= 11 is 0. The Morgan fingerprint density at radius 1 is 1.42 bits per heavy atom. The van der Waals surface area contributed by atoms with Gasteiger partial charge in [0.05, 0.1) is 11.6 Å². The molecule has 0 radical (unpaired) electrons. The molecule has 0 bridgehead atoms. The Hall–Kier alpha value is -1.38. The first-order chi connectivity index (χ1) is 5.77. The van der Waals surface area contributed by atoms with E-state index in [0.717, 1.165) is 0 Å². The van der Waals surface area contributed by atoms with E-state index in [4.69, 9.17) is 10.3 Å². The van der Waals surface area contributed by atoms with Gasteiger partial charge in [-0.1, -0.05) is 16.7 Å². The zero-order chi connectivity index (χ0) is 8.97. The Morgan fingerprint density at radius 3 is 2.42 bits per heavy atom. The lowest BCUT2D eigenvalue weighted by Crippen LogP contribution is -2.30. The van der Waals surface area contributed by atoms with Gasteiger partial charge in [0.1, 0.15) is 0 Å². The van der Waals surface area contributed by atoms with Crippen molar-refractivity contribution in [2.45, 2.75) is 0 Å². The van der Waals surface area contributed by atoms with Crippen LogP contribution in [-0.4, -0.2) is 12.1 Å². The molecule has 1 rings (SSSR count). The van der Waals surface area contributed by atoms with Crippen molar-refractivity contribution < 1.29 is 14.4 Å². The molecule has 0 saturated carbocycles. The maximum Gasteiger partial charge on any atom is 0.529 e. The molecule has 0 atom stereocenters. The lowest BCUT2D eigenvalue weighted by atomic mass is 9.80. The van der Waals surface area contributed by atoms with E-state index in [-0.39, 0.29) is 5.46 Å². The second-order valence-corrected chi connectivity index (χ2v) is 2.18. The molecule has 12 heavy (non-hydrogen) atoms. The zero-order valence-electron chi connectivity index (χ0n) is 6.07. The maximum atomic E-state index is 11.4. The molecule has 0 unspecified atom stereocenters. The van der Waals surface area contributed by atoms with Crippen LogP contribution in [0.5, 0.6) is 0 Å². The molecule has 3 nitrogen and oxygen atoms in total. The number of rotatable bonds is 2. The van der Waals surface area contributed by atoms with Crippen molar-refractivity contribution in [1.29, 1.82) is 5.26 Å². The molecular weight excluding hydrogens is 160 g/mol. The fourth-order valence-electron chi connectivity index (χ4n) is 0.774. The molecular formula is C7H5BFNO2. The molecule has 0 fully saturated rings. The molecule has 0 heterocycles. The summed E-state index contributed by atoms with van der Waals surface area (Å²) in [7, 11) is -1.57. The van der Waals surface area contributed by atoms with Crippen LogP contribution in [0.1, 0.15) is 5.56 Å². The summed E-state index contributed by atoms with van der Waals surface area (Å²) in [6.07, 6.45) is 0. The topological polar surface area (TPSA) is 53.2 Å². The van der Waals surface area contributed by atoms with Gasteiger partial charge in [-0.15, -0.1) is 0 Å². The number of hydrogen-bond acceptors (Lipinski definition) is 3. The van der Waals surface area contributed by atoms with E-state index >= 15 is 0 Å². The van der Waals surface area contributed by atoms with E-state index in [0.29, 0.717) is 5.56 Å². The molecule has 0 spiro atoms. The molecule has 5 heteroatoms. The van der Waals surface area contributed by atoms with Crippen LogP contribution in [-0.2, 0) is 4.86 Å². The largest absolute Gasteiger partial charge is 0.529 e. The van der Waals surface area contributed by atoms with Crippen molar-refractivity contribution in [2.24, 2.45) is 0 Å². The van der Waals surface area contributed by atoms with Crippen LogP contribution in [0.4, 0.5) is 4.53 Å². The van der Waals surface area contributed by atoms with Crippen LogP contribution in [0.2, 0.25) is 0 Å². The van der Waals surface area contributed by atoms with Gasteiger partial charge in [-0.25, -0.2) is 4.86 Å². The Morgan fingerprint density at radius 2 is 2.00 bits per heavy atom. The van der Waals surface area contributed by atoms with E-state index in [9.17, 15) is 4.53 Å². The monoisotopic (exact) mass is 165 g/mol. The molecule has 0 saturated heterocycles. The lowest BCUT2D eigenvalue weighted by Gasteiger charge is -1.98. The summed E-state index contributed by atoms with van der Waals surface area (Å²) in [5, 5.41) is 17.2. The van der Waals surface area contributed by atoms with E-state index in [2.05, 4.69) is 4.86 Å². The number of benzene rings is 1. The highest BCUT2D eigenvalue weighted by Crippen LogP contribution is 1.95. The van der Waals surface area contributed by atoms with E-state index in [1.807, 2.05) is 6.07 Å². The molecule has 0 aliphatic heterocycles. The standard InChI is InChI=1S/C7H5BFNO2/c9-12-8(11)7-3-1-6(5-10)2-4-7/h1-4,11H. The van der Waals surface area contributed by atoms with Gasteiger partial charge < -0.3 is 5.02 Å². The van der Waals surface area contributed by atoms with Crippen molar-refractivity contribution in [3.63, 3.8) is 0 Å². The van der Waals surface area contributed by atoms with Gasteiger partial charge in [-0.3, -0.25) is 0 Å². The van der Waals surface area contributed by atoms with E-state index < -0.39 is 7.12 Å². The van der Waals surface area contributed by atoms with E-state index in [1.54, 1.807) is 0 Å². The fraction of sp³-hybridized carbons (Fsp3) is 0. The second-order valence-electron chi connectivity index (χ2n) is 2.18. The molecule has 60 valence electrons. The third-order valence-corrected chi connectivity index (χ3v) is 1.41. The van der Waals surface area contributed by atoms with Crippen LogP contribution in [0.15, 0.2) is 24.3 Å². The lowest BCUT2D eigenvalue weighted by molar-refractivity contribution is -0.0267. The normalized spacial score (nSPS) is 9.08. The minimum absolute atomic E-state index is 0.275. The number of nitrogens with zero attached hydrogens (tertiary/aromatic N) is 1. The molecule has 1 aromatic rings. The van der Waals surface area contributed by atoms with Gasteiger partial charge in [0.2, 0.25) is 0 Å². The van der Waals surface area contributed by atoms with Gasteiger partial charge in [-0.05, 0) is 17.6 Å². The number of hydrogen-bond donors (Lipinski definition) is 1. The third kappa shape index (κ3) is 1.81. The van der Waals surface area contributed by atoms with Crippen LogP contribution in [0.3, 0.4) is 0 Å². The van der Waals surface area contributed by atoms with Crippen LogP contribution in [0, 0.1) is 11.3 Å².